The van der Waals surface area contributed by atoms with E-state index in [9.17, 15) is 26.4 Å². The highest BCUT2D eigenvalue weighted by molar-refractivity contribution is 7.89. The summed E-state index contributed by atoms with van der Waals surface area (Å²) in [6, 6.07) is 1.81. The van der Waals surface area contributed by atoms with Gasteiger partial charge in [0.2, 0.25) is 10.0 Å². The maximum Gasteiger partial charge on any atom is 0.416 e. The van der Waals surface area contributed by atoms with Crippen molar-refractivity contribution in [2.24, 2.45) is 0 Å². The van der Waals surface area contributed by atoms with Crippen LogP contribution < -0.4 is 0 Å². The first-order valence-electron chi connectivity index (χ1n) is 5.00. The third-order valence-electron chi connectivity index (χ3n) is 2.26. The third kappa shape index (κ3) is 3.84. The van der Waals surface area contributed by atoms with E-state index in [-0.39, 0.29) is 0 Å². The highest BCUT2D eigenvalue weighted by atomic mass is 35.5. The van der Waals surface area contributed by atoms with Crippen molar-refractivity contribution in [2.45, 2.75) is 11.1 Å². The van der Waals surface area contributed by atoms with Gasteiger partial charge in [-0.2, -0.15) is 17.5 Å². The van der Waals surface area contributed by atoms with E-state index in [1.807, 2.05) is 0 Å². The van der Waals surface area contributed by atoms with E-state index in [2.05, 4.69) is 0 Å². The summed E-state index contributed by atoms with van der Waals surface area (Å²) in [4.78, 5) is 9.75. The van der Waals surface area contributed by atoms with Crippen molar-refractivity contribution in [1.82, 2.24) is 4.31 Å². The second kappa shape index (κ2) is 5.58. The number of alkyl halides is 3. The smallest absolute Gasteiger partial charge is 0.416 e. The highest BCUT2D eigenvalue weighted by Gasteiger charge is 2.33. The standard InChI is InChI=1S/C10H9ClF3NO4S/c1-15(5-9(16)17)20(18,19)8-3-6(10(12,13)14)2-7(11)4-8/h2-4H,5H2,1H3,(H,16,17). The summed E-state index contributed by atoms with van der Waals surface area (Å²) in [5.41, 5.74) is -1.23. The SMILES string of the molecule is CN(CC(=O)O)S(=O)(=O)c1cc(Cl)cc(C(F)(F)F)c1. The van der Waals surface area contributed by atoms with Gasteiger partial charge in [0, 0.05) is 12.1 Å². The van der Waals surface area contributed by atoms with Gasteiger partial charge in [-0.3, -0.25) is 4.79 Å². The Morgan fingerprint density at radius 2 is 1.90 bits per heavy atom. The molecule has 0 heterocycles. The predicted octanol–water partition coefficient (Wildman–Crippen LogP) is 2.06. The molecular formula is C10H9ClF3NO4S. The zero-order valence-corrected chi connectivity index (χ0v) is 11.6. The van der Waals surface area contributed by atoms with Gasteiger partial charge in [-0.05, 0) is 18.2 Å². The zero-order valence-electron chi connectivity index (χ0n) is 9.98. The van der Waals surface area contributed by atoms with Crippen molar-refractivity contribution >= 4 is 27.6 Å². The van der Waals surface area contributed by atoms with Crippen molar-refractivity contribution < 1.29 is 31.5 Å². The lowest BCUT2D eigenvalue weighted by Gasteiger charge is -2.16. The topological polar surface area (TPSA) is 74.7 Å². The van der Waals surface area contributed by atoms with E-state index in [1.54, 1.807) is 0 Å². The molecule has 20 heavy (non-hydrogen) atoms. The number of aliphatic carboxylic acids is 1. The van der Waals surface area contributed by atoms with Crippen molar-refractivity contribution in [3.05, 3.63) is 28.8 Å². The summed E-state index contributed by atoms with van der Waals surface area (Å²) in [7, 11) is -3.43. The van der Waals surface area contributed by atoms with Crippen LogP contribution in [0.3, 0.4) is 0 Å². The van der Waals surface area contributed by atoms with Crippen LogP contribution in [0.15, 0.2) is 23.1 Å². The fourth-order valence-corrected chi connectivity index (χ4v) is 2.82. The molecule has 0 fully saturated rings. The molecule has 0 aliphatic heterocycles. The monoisotopic (exact) mass is 331 g/mol. The number of nitrogens with zero attached hydrogens (tertiary/aromatic N) is 1. The molecule has 1 N–H and O–H groups in total. The Morgan fingerprint density at radius 3 is 2.35 bits per heavy atom. The largest absolute Gasteiger partial charge is 0.480 e. The van der Waals surface area contributed by atoms with Gasteiger partial charge in [-0.15, -0.1) is 0 Å². The van der Waals surface area contributed by atoms with Crippen LogP contribution in [0, 0.1) is 0 Å². The molecule has 1 rings (SSSR count). The van der Waals surface area contributed by atoms with Gasteiger partial charge in [0.15, 0.2) is 0 Å². The van der Waals surface area contributed by atoms with Crippen LogP contribution in [0.2, 0.25) is 5.02 Å². The van der Waals surface area contributed by atoms with Gasteiger partial charge >= 0.3 is 12.1 Å². The third-order valence-corrected chi connectivity index (χ3v) is 4.26. The van der Waals surface area contributed by atoms with Gasteiger partial charge < -0.3 is 5.11 Å². The molecular weight excluding hydrogens is 323 g/mol. The van der Waals surface area contributed by atoms with Crippen molar-refractivity contribution in [3.63, 3.8) is 0 Å². The fourth-order valence-electron chi connectivity index (χ4n) is 1.33. The van der Waals surface area contributed by atoms with Gasteiger partial charge in [-0.1, -0.05) is 11.6 Å². The van der Waals surface area contributed by atoms with E-state index in [4.69, 9.17) is 16.7 Å². The molecule has 0 unspecified atom stereocenters. The lowest BCUT2D eigenvalue weighted by atomic mass is 10.2. The van der Waals surface area contributed by atoms with Gasteiger partial charge in [0.1, 0.15) is 6.54 Å². The zero-order chi connectivity index (χ0) is 15.7. The van der Waals surface area contributed by atoms with Crippen LogP contribution in [-0.2, 0) is 21.0 Å². The number of sulfonamides is 1. The van der Waals surface area contributed by atoms with E-state index >= 15 is 0 Å². The molecule has 0 saturated heterocycles. The Kier molecular flexibility index (Phi) is 4.67. The molecule has 0 aromatic heterocycles. The highest BCUT2D eigenvalue weighted by Crippen LogP contribution is 2.33. The van der Waals surface area contributed by atoms with Crippen LogP contribution in [-0.4, -0.2) is 37.4 Å². The van der Waals surface area contributed by atoms with E-state index in [1.165, 1.54) is 0 Å². The molecule has 1 aromatic carbocycles. The molecule has 112 valence electrons. The molecule has 0 spiro atoms. The van der Waals surface area contributed by atoms with Crippen LogP contribution >= 0.6 is 11.6 Å². The molecule has 5 nitrogen and oxygen atoms in total. The van der Waals surface area contributed by atoms with E-state index in [0.29, 0.717) is 16.4 Å². The first-order chi connectivity index (χ1) is 8.94. The Morgan fingerprint density at radius 1 is 1.35 bits per heavy atom. The minimum atomic E-state index is -4.76. The fraction of sp³-hybridized carbons (Fsp3) is 0.300. The number of hydrogen-bond acceptors (Lipinski definition) is 3. The van der Waals surface area contributed by atoms with Crippen molar-refractivity contribution in [2.75, 3.05) is 13.6 Å². The molecule has 0 atom stereocenters. The number of hydrogen-bond donors (Lipinski definition) is 1. The van der Waals surface area contributed by atoms with Gasteiger partial charge in [0.05, 0.1) is 10.5 Å². The molecule has 0 saturated carbocycles. The molecule has 10 heteroatoms. The lowest BCUT2D eigenvalue weighted by molar-refractivity contribution is -0.138. The number of benzene rings is 1. The molecule has 1 aromatic rings. The summed E-state index contributed by atoms with van der Waals surface area (Å²) < 4.78 is 62.0. The summed E-state index contributed by atoms with van der Waals surface area (Å²) >= 11 is 5.47. The number of rotatable bonds is 4. The molecule has 0 aliphatic rings. The molecule has 0 amide bonds. The Hall–Kier alpha value is -1.32. The average Bonchev–Trinajstić information content (AvgIpc) is 2.25. The van der Waals surface area contributed by atoms with Crippen LogP contribution in [0.5, 0.6) is 0 Å². The minimum Gasteiger partial charge on any atom is -0.480 e. The van der Waals surface area contributed by atoms with E-state index < -0.39 is 44.2 Å². The van der Waals surface area contributed by atoms with Gasteiger partial charge in [-0.25, -0.2) is 8.42 Å². The first kappa shape index (κ1) is 16.7. The second-order valence-corrected chi connectivity index (χ2v) is 6.31. The molecule has 0 aliphatic carbocycles. The average molecular weight is 332 g/mol. The quantitative estimate of drug-likeness (QED) is 0.916. The van der Waals surface area contributed by atoms with Gasteiger partial charge in [0.25, 0.3) is 0 Å². The van der Waals surface area contributed by atoms with Crippen molar-refractivity contribution in [1.29, 1.82) is 0 Å². The number of halogens is 4. The van der Waals surface area contributed by atoms with Crippen LogP contribution in [0.4, 0.5) is 13.2 Å². The minimum absolute atomic E-state index is 0.402. The molecule has 0 radical (unpaired) electrons. The number of carbonyl (C=O) groups is 1. The first-order valence-corrected chi connectivity index (χ1v) is 6.82. The second-order valence-electron chi connectivity index (χ2n) is 3.83. The predicted molar refractivity (Wildman–Crippen MR) is 63.9 cm³/mol. The normalized spacial score (nSPS) is 12.7. The van der Waals surface area contributed by atoms with Crippen molar-refractivity contribution in [3.8, 4) is 0 Å². The number of likely N-dealkylation sites (N-methyl/N-ethyl adjacent to an activating group) is 1. The van der Waals surface area contributed by atoms with Crippen LogP contribution in [0.1, 0.15) is 5.56 Å². The summed E-state index contributed by atoms with van der Waals surface area (Å²) in [6.07, 6.45) is -4.76. The number of carboxylic acid groups (broad SMARTS) is 1. The maximum atomic E-state index is 12.6. The Balaban J connectivity index is 3.32. The molecule has 0 bridgehead atoms. The van der Waals surface area contributed by atoms with E-state index in [0.717, 1.165) is 13.1 Å². The summed E-state index contributed by atoms with van der Waals surface area (Å²) in [6.45, 7) is -0.879. The van der Waals surface area contributed by atoms with Crippen LogP contribution in [0.25, 0.3) is 0 Å². The summed E-state index contributed by atoms with van der Waals surface area (Å²) in [5.74, 6) is -1.44. The Bertz CT molecular complexity index is 630. The lowest BCUT2D eigenvalue weighted by Crippen LogP contribution is -2.32. The Labute approximate surface area is 117 Å². The summed E-state index contributed by atoms with van der Waals surface area (Å²) in [5, 5.41) is 8.11. The number of carboxylic acids is 1. The maximum absolute atomic E-state index is 12.6.